The summed E-state index contributed by atoms with van der Waals surface area (Å²) in [6.45, 7) is 1.52. The van der Waals surface area contributed by atoms with Gasteiger partial charge in [-0.2, -0.15) is 12.6 Å². The minimum atomic E-state index is -0.511. The number of nitrogens with zero attached hydrogens (tertiary/aromatic N) is 1. The van der Waals surface area contributed by atoms with Gasteiger partial charge in [0, 0.05) is 11.8 Å². The second kappa shape index (κ2) is 2.85. The average Bonchev–Trinajstić information content (AvgIpc) is 1.65. The summed E-state index contributed by atoms with van der Waals surface area (Å²) in [5, 5.41) is 9.69. The van der Waals surface area contributed by atoms with E-state index in [-0.39, 0.29) is 4.92 Å². The van der Waals surface area contributed by atoms with E-state index in [1.807, 2.05) is 0 Å². The van der Waals surface area contributed by atoms with Crippen LogP contribution in [0.4, 0.5) is 0 Å². The van der Waals surface area contributed by atoms with Gasteiger partial charge in [-0.05, 0) is 0 Å². The summed E-state index contributed by atoms with van der Waals surface area (Å²) >= 11 is 3.71. The fraction of sp³-hybridized carbons (Fsp3) is 1.00. The Bertz CT molecular complexity index is 75.3. The van der Waals surface area contributed by atoms with E-state index in [2.05, 4.69) is 12.6 Å². The first kappa shape index (κ1) is 6.75. The molecule has 0 bridgehead atoms. The molecule has 4 heteroatoms. The molecule has 0 aliphatic carbocycles. The molecule has 0 fully saturated rings. The lowest BCUT2D eigenvalue weighted by molar-refractivity contribution is -0.511. The molecule has 1 atom stereocenters. The maximum Gasteiger partial charge on any atom is 0.219 e. The molecule has 0 rings (SSSR count). The van der Waals surface area contributed by atoms with Crippen molar-refractivity contribution in [2.45, 2.75) is 13.0 Å². The fourth-order valence-corrected chi connectivity index (χ4v) is 0.200. The fourth-order valence-electron chi connectivity index (χ4n) is 0.0667. The molecule has 3 nitrogen and oxygen atoms in total. The van der Waals surface area contributed by atoms with Gasteiger partial charge in [-0.25, -0.2) is 0 Å². The zero-order valence-electron chi connectivity index (χ0n) is 4.00. The van der Waals surface area contributed by atoms with E-state index in [1.54, 1.807) is 0 Å². The molecule has 0 saturated carbocycles. The quantitative estimate of drug-likeness (QED) is 0.330. The summed E-state index contributed by atoms with van der Waals surface area (Å²) in [6, 6.07) is -0.511. The SMILES string of the molecule is CC(CS)[N+](=O)[O-]. The first-order valence-corrected chi connectivity index (χ1v) is 2.56. The van der Waals surface area contributed by atoms with Crippen molar-refractivity contribution in [1.29, 1.82) is 0 Å². The lowest BCUT2D eigenvalue weighted by Crippen LogP contribution is -2.15. The van der Waals surface area contributed by atoms with Crippen molar-refractivity contribution in [1.82, 2.24) is 0 Å². The standard InChI is InChI=1S/C3H7NO2S/c1-3(2-7)4(5)6/h3,7H,2H2,1H3. The number of rotatable bonds is 2. The third-order valence-corrected chi connectivity index (χ3v) is 1.15. The van der Waals surface area contributed by atoms with Crippen LogP contribution in [0.3, 0.4) is 0 Å². The zero-order chi connectivity index (χ0) is 5.86. The highest BCUT2D eigenvalue weighted by molar-refractivity contribution is 7.80. The molecule has 0 radical (unpaired) electrons. The van der Waals surface area contributed by atoms with Gasteiger partial charge in [-0.3, -0.25) is 10.1 Å². The van der Waals surface area contributed by atoms with Crippen LogP contribution in [0.15, 0.2) is 0 Å². The first-order valence-electron chi connectivity index (χ1n) is 1.93. The van der Waals surface area contributed by atoms with Gasteiger partial charge >= 0.3 is 0 Å². The largest absolute Gasteiger partial charge is 0.264 e. The zero-order valence-corrected chi connectivity index (χ0v) is 4.89. The molecule has 7 heavy (non-hydrogen) atoms. The molecule has 0 aromatic carbocycles. The van der Waals surface area contributed by atoms with E-state index < -0.39 is 6.04 Å². The maximum atomic E-state index is 9.69. The first-order chi connectivity index (χ1) is 3.18. The summed E-state index contributed by atoms with van der Waals surface area (Å²) in [6.07, 6.45) is 0. The normalized spacial score (nSPS) is 13.4. The van der Waals surface area contributed by atoms with Crippen molar-refractivity contribution < 1.29 is 4.92 Å². The average molecular weight is 121 g/mol. The molecule has 0 amide bonds. The van der Waals surface area contributed by atoms with Crippen LogP contribution in [0.2, 0.25) is 0 Å². The van der Waals surface area contributed by atoms with E-state index in [1.165, 1.54) is 6.92 Å². The van der Waals surface area contributed by atoms with Gasteiger partial charge in [0.05, 0.1) is 5.75 Å². The molecule has 0 heterocycles. The van der Waals surface area contributed by atoms with Crippen LogP contribution in [0, 0.1) is 10.1 Å². The van der Waals surface area contributed by atoms with Crippen molar-refractivity contribution in [3.63, 3.8) is 0 Å². The molecule has 0 aromatic heterocycles. The Morgan fingerprint density at radius 3 is 2.43 bits per heavy atom. The Morgan fingerprint density at radius 1 is 2.00 bits per heavy atom. The van der Waals surface area contributed by atoms with Gasteiger partial charge in [0.1, 0.15) is 0 Å². The Hall–Kier alpha value is -0.250. The van der Waals surface area contributed by atoms with Crippen LogP contribution in [0.1, 0.15) is 6.92 Å². The molecule has 0 aliphatic heterocycles. The highest BCUT2D eigenvalue weighted by Crippen LogP contribution is 1.88. The Morgan fingerprint density at radius 2 is 2.43 bits per heavy atom. The van der Waals surface area contributed by atoms with E-state index >= 15 is 0 Å². The van der Waals surface area contributed by atoms with Gasteiger partial charge in [0.25, 0.3) is 0 Å². The van der Waals surface area contributed by atoms with Gasteiger partial charge in [-0.15, -0.1) is 0 Å². The van der Waals surface area contributed by atoms with Crippen LogP contribution in [0.25, 0.3) is 0 Å². The molecule has 0 spiro atoms. The second-order valence-corrected chi connectivity index (χ2v) is 1.68. The molecule has 0 N–H and O–H groups in total. The van der Waals surface area contributed by atoms with Crippen LogP contribution < -0.4 is 0 Å². The minimum Gasteiger partial charge on any atom is -0.264 e. The summed E-state index contributed by atoms with van der Waals surface area (Å²) in [7, 11) is 0. The summed E-state index contributed by atoms with van der Waals surface area (Å²) in [5.74, 6) is 0.312. The van der Waals surface area contributed by atoms with Crippen LogP contribution in [-0.4, -0.2) is 16.7 Å². The minimum absolute atomic E-state index is 0.312. The predicted octanol–water partition coefficient (Wildman–Crippen LogP) is 0.581. The maximum absolute atomic E-state index is 9.69. The van der Waals surface area contributed by atoms with Gasteiger partial charge in [-0.1, -0.05) is 0 Å². The van der Waals surface area contributed by atoms with Gasteiger partial charge < -0.3 is 0 Å². The molecule has 42 valence electrons. The van der Waals surface area contributed by atoms with Crippen molar-refractivity contribution in [2.75, 3.05) is 5.75 Å². The van der Waals surface area contributed by atoms with E-state index in [4.69, 9.17) is 0 Å². The van der Waals surface area contributed by atoms with E-state index in [0.717, 1.165) is 0 Å². The third-order valence-electron chi connectivity index (χ3n) is 0.624. The molecule has 0 aliphatic rings. The summed E-state index contributed by atoms with van der Waals surface area (Å²) in [5.41, 5.74) is 0. The third kappa shape index (κ3) is 2.45. The number of hydrogen-bond acceptors (Lipinski definition) is 3. The van der Waals surface area contributed by atoms with Gasteiger partial charge in [0.2, 0.25) is 6.04 Å². The topological polar surface area (TPSA) is 43.1 Å². The highest BCUT2D eigenvalue weighted by atomic mass is 32.1. The van der Waals surface area contributed by atoms with Crippen molar-refractivity contribution in [2.24, 2.45) is 0 Å². The molecule has 0 aromatic rings. The van der Waals surface area contributed by atoms with Crippen LogP contribution >= 0.6 is 12.6 Å². The Kier molecular flexibility index (Phi) is 2.75. The summed E-state index contributed by atoms with van der Waals surface area (Å²) in [4.78, 5) is 9.33. The number of hydrogen-bond donors (Lipinski definition) is 1. The molecule has 0 saturated heterocycles. The smallest absolute Gasteiger partial charge is 0.219 e. The second-order valence-electron chi connectivity index (χ2n) is 1.32. The lowest BCUT2D eigenvalue weighted by atomic mass is 10.4. The Balaban J connectivity index is 3.34. The molecular formula is C3H7NO2S. The van der Waals surface area contributed by atoms with Gasteiger partial charge in [0.15, 0.2) is 0 Å². The van der Waals surface area contributed by atoms with Crippen molar-refractivity contribution >= 4 is 12.6 Å². The lowest BCUT2D eigenvalue weighted by Gasteiger charge is -1.94. The molecule has 1 unspecified atom stereocenters. The molecular weight excluding hydrogens is 114 g/mol. The number of nitro groups is 1. The predicted molar refractivity (Wildman–Crippen MR) is 30.3 cm³/mol. The van der Waals surface area contributed by atoms with Crippen LogP contribution in [-0.2, 0) is 0 Å². The van der Waals surface area contributed by atoms with Crippen LogP contribution in [0.5, 0.6) is 0 Å². The van der Waals surface area contributed by atoms with Crippen molar-refractivity contribution in [3.8, 4) is 0 Å². The van der Waals surface area contributed by atoms with E-state index in [0.29, 0.717) is 5.75 Å². The highest BCUT2D eigenvalue weighted by Gasteiger charge is 2.07. The van der Waals surface area contributed by atoms with E-state index in [9.17, 15) is 10.1 Å². The monoisotopic (exact) mass is 121 g/mol. The Labute approximate surface area is 47.3 Å². The summed E-state index contributed by atoms with van der Waals surface area (Å²) < 4.78 is 0. The van der Waals surface area contributed by atoms with Crippen molar-refractivity contribution in [3.05, 3.63) is 10.1 Å². The number of thiol groups is 1.